The Morgan fingerprint density at radius 3 is 2.94 bits per heavy atom. The van der Waals surface area contributed by atoms with Gasteiger partial charge in [-0.15, -0.1) is 0 Å². The van der Waals surface area contributed by atoms with Gasteiger partial charge in [0, 0.05) is 19.1 Å². The van der Waals surface area contributed by atoms with Gasteiger partial charge in [0.1, 0.15) is 5.76 Å². The molecule has 1 saturated carbocycles. The van der Waals surface area contributed by atoms with Crippen LogP contribution in [0.3, 0.4) is 0 Å². The molecule has 18 heavy (non-hydrogen) atoms. The van der Waals surface area contributed by atoms with Crippen molar-refractivity contribution in [2.45, 2.75) is 32.4 Å². The number of amides is 2. The van der Waals surface area contributed by atoms with Crippen LogP contribution in [-0.2, 0) is 6.54 Å². The van der Waals surface area contributed by atoms with Crippen LogP contribution in [0.4, 0.5) is 4.79 Å². The highest BCUT2D eigenvalue weighted by Crippen LogP contribution is 2.25. The maximum absolute atomic E-state index is 11.5. The van der Waals surface area contributed by atoms with E-state index in [4.69, 9.17) is 4.42 Å². The lowest BCUT2D eigenvalue weighted by Gasteiger charge is -2.19. The lowest BCUT2D eigenvalue weighted by molar-refractivity contribution is 0.233. The molecule has 0 aliphatic heterocycles. The first kappa shape index (κ1) is 13.0. The molecule has 1 aliphatic rings. The van der Waals surface area contributed by atoms with Crippen molar-refractivity contribution in [3.63, 3.8) is 0 Å². The highest BCUT2D eigenvalue weighted by molar-refractivity contribution is 5.73. The summed E-state index contributed by atoms with van der Waals surface area (Å²) in [6, 6.07) is 4.26. The molecule has 2 amide bonds. The van der Waals surface area contributed by atoms with Crippen LogP contribution in [0.25, 0.3) is 0 Å². The number of likely N-dealkylation sites (N-methyl/N-ethyl adjacent to an activating group) is 1. The third-order valence-corrected chi connectivity index (χ3v) is 3.16. The van der Waals surface area contributed by atoms with E-state index in [-0.39, 0.29) is 6.03 Å². The smallest absolute Gasteiger partial charge is 0.315 e. The largest absolute Gasteiger partial charge is 0.467 e. The van der Waals surface area contributed by atoms with Crippen LogP contribution in [0.5, 0.6) is 0 Å². The molecule has 5 heteroatoms. The molecular formula is C13H21N3O2. The van der Waals surface area contributed by atoms with Crippen LogP contribution in [0.1, 0.15) is 25.5 Å². The summed E-state index contributed by atoms with van der Waals surface area (Å²) in [5.41, 5.74) is 0. The van der Waals surface area contributed by atoms with Gasteiger partial charge in [-0.25, -0.2) is 4.79 Å². The molecule has 0 radical (unpaired) electrons. The number of furan rings is 1. The Morgan fingerprint density at radius 1 is 1.50 bits per heavy atom. The number of rotatable bonds is 7. The Balaban J connectivity index is 1.56. The molecular weight excluding hydrogens is 230 g/mol. The Bertz CT molecular complexity index is 360. The molecule has 0 saturated heterocycles. The molecule has 1 aliphatic carbocycles. The Hall–Kier alpha value is -1.49. The van der Waals surface area contributed by atoms with Crippen LogP contribution in [0.15, 0.2) is 22.8 Å². The summed E-state index contributed by atoms with van der Waals surface area (Å²) in [5, 5.41) is 5.62. The zero-order valence-electron chi connectivity index (χ0n) is 10.8. The van der Waals surface area contributed by atoms with Gasteiger partial charge >= 0.3 is 6.03 Å². The first-order chi connectivity index (χ1) is 8.79. The Kier molecular flexibility index (Phi) is 4.64. The average molecular weight is 251 g/mol. The molecule has 1 fully saturated rings. The molecule has 2 N–H and O–H groups in total. The maximum Gasteiger partial charge on any atom is 0.315 e. The number of hydrogen-bond donors (Lipinski definition) is 2. The fourth-order valence-electron chi connectivity index (χ4n) is 1.99. The van der Waals surface area contributed by atoms with Gasteiger partial charge in [0.05, 0.1) is 12.8 Å². The molecule has 0 atom stereocenters. The predicted octanol–water partition coefficient (Wildman–Crippen LogP) is 1.56. The Labute approximate surface area is 108 Å². The van der Waals surface area contributed by atoms with Crippen molar-refractivity contribution in [2.24, 2.45) is 0 Å². The van der Waals surface area contributed by atoms with Gasteiger partial charge in [0.25, 0.3) is 0 Å². The summed E-state index contributed by atoms with van der Waals surface area (Å²) in [6.07, 6.45) is 4.21. The minimum Gasteiger partial charge on any atom is -0.467 e. The molecule has 1 aromatic rings. The summed E-state index contributed by atoms with van der Waals surface area (Å²) in [6.45, 7) is 5.26. The van der Waals surface area contributed by atoms with E-state index >= 15 is 0 Å². The third-order valence-electron chi connectivity index (χ3n) is 3.16. The minimum absolute atomic E-state index is 0.141. The fraction of sp³-hybridized carbons (Fsp3) is 0.615. The number of nitrogens with zero attached hydrogens (tertiary/aromatic N) is 1. The maximum atomic E-state index is 11.5. The van der Waals surface area contributed by atoms with E-state index in [0.717, 1.165) is 24.9 Å². The highest BCUT2D eigenvalue weighted by atomic mass is 16.3. The Morgan fingerprint density at radius 2 is 2.33 bits per heavy atom. The second-order valence-corrected chi connectivity index (χ2v) is 4.55. The zero-order valence-corrected chi connectivity index (χ0v) is 10.8. The molecule has 0 aromatic carbocycles. The molecule has 1 heterocycles. The van der Waals surface area contributed by atoms with E-state index in [1.807, 2.05) is 12.1 Å². The quantitative estimate of drug-likeness (QED) is 0.773. The van der Waals surface area contributed by atoms with Crippen molar-refractivity contribution in [1.29, 1.82) is 0 Å². The molecule has 0 bridgehead atoms. The monoisotopic (exact) mass is 251 g/mol. The lowest BCUT2D eigenvalue weighted by atomic mass is 10.4. The lowest BCUT2D eigenvalue weighted by Crippen LogP contribution is -2.40. The predicted molar refractivity (Wildman–Crippen MR) is 69.2 cm³/mol. The minimum atomic E-state index is -0.141. The van der Waals surface area contributed by atoms with Gasteiger partial charge in [0.15, 0.2) is 0 Å². The molecule has 100 valence electrons. The van der Waals surface area contributed by atoms with E-state index < -0.39 is 0 Å². The van der Waals surface area contributed by atoms with Crippen molar-refractivity contribution < 1.29 is 9.21 Å². The first-order valence-corrected chi connectivity index (χ1v) is 6.57. The van der Waals surface area contributed by atoms with Gasteiger partial charge in [-0.05, 0) is 31.5 Å². The van der Waals surface area contributed by atoms with E-state index in [1.54, 1.807) is 6.26 Å². The molecule has 1 aromatic heterocycles. The van der Waals surface area contributed by atoms with E-state index in [1.165, 1.54) is 12.8 Å². The van der Waals surface area contributed by atoms with E-state index in [9.17, 15) is 4.79 Å². The molecule has 5 nitrogen and oxygen atoms in total. The normalized spacial score (nSPS) is 14.8. The van der Waals surface area contributed by atoms with Crippen molar-refractivity contribution >= 4 is 6.03 Å². The third kappa shape index (κ3) is 4.07. The summed E-state index contributed by atoms with van der Waals surface area (Å²) < 4.78 is 5.13. The number of hydrogen-bond acceptors (Lipinski definition) is 3. The van der Waals surface area contributed by atoms with Crippen molar-refractivity contribution in [1.82, 2.24) is 15.5 Å². The number of carbonyl (C=O) groups is 1. The summed E-state index contributed by atoms with van der Waals surface area (Å²) in [5.74, 6) is 0.762. The van der Waals surface area contributed by atoms with Gasteiger partial charge in [-0.1, -0.05) is 6.92 Å². The van der Waals surface area contributed by atoms with E-state index in [0.29, 0.717) is 13.1 Å². The van der Waals surface area contributed by atoms with Gasteiger partial charge < -0.3 is 15.1 Å². The number of nitrogens with one attached hydrogen (secondary N) is 2. The molecule has 0 spiro atoms. The van der Waals surface area contributed by atoms with Crippen LogP contribution >= 0.6 is 0 Å². The zero-order chi connectivity index (χ0) is 12.8. The van der Waals surface area contributed by atoms with Crippen molar-refractivity contribution in [3.8, 4) is 0 Å². The van der Waals surface area contributed by atoms with Gasteiger partial charge in [-0.3, -0.25) is 4.90 Å². The molecule has 0 unspecified atom stereocenters. The first-order valence-electron chi connectivity index (χ1n) is 6.57. The van der Waals surface area contributed by atoms with Crippen LogP contribution in [0.2, 0.25) is 0 Å². The standard InChI is InChI=1S/C13H21N3O2/c1-2-16(11-5-6-11)8-7-14-13(17)15-10-12-4-3-9-18-12/h3-4,9,11H,2,5-8,10H2,1H3,(H2,14,15,17). The SMILES string of the molecule is CCN(CCNC(=O)NCc1ccco1)C1CC1. The average Bonchev–Trinajstić information content (AvgIpc) is 3.08. The number of carbonyl (C=O) groups excluding carboxylic acids is 1. The topological polar surface area (TPSA) is 57.5 Å². The van der Waals surface area contributed by atoms with Crippen LogP contribution in [0, 0.1) is 0 Å². The summed E-state index contributed by atoms with van der Waals surface area (Å²) in [4.78, 5) is 13.9. The van der Waals surface area contributed by atoms with Crippen molar-refractivity contribution in [3.05, 3.63) is 24.2 Å². The summed E-state index contributed by atoms with van der Waals surface area (Å²) >= 11 is 0. The van der Waals surface area contributed by atoms with Crippen LogP contribution < -0.4 is 10.6 Å². The fourth-order valence-corrected chi connectivity index (χ4v) is 1.99. The van der Waals surface area contributed by atoms with Gasteiger partial charge in [-0.2, -0.15) is 0 Å². The second-order valence-electron chi connectivity index (χ2n) is 4.55. The number of urea groups is 1. The molecule has 2 rings (SSSR count). The van der Waals surface area contributed by atoms with Crippen molar-refractivity contribution in [2.75, 3.05) is 19.6 Å². The van der Waals surface area contributed by atoms with E-state index in [2.05, 4.69) is 22.5 Å². The van der Waals surface area contributed by atoms with Crippen LogP contribution in [-0.4, -0.2) is 36.6 Å². The summed E-state index contributed by atoms with van der Waals surface area (Å²) in [7, 11) is 0. The highest BCUT2D eigenvalue weighted by Gasteiger charge is 2.27. The second kappa shape index (κ2) is 6.44. The van der Waals surface area contributed by atoms with Gasteiger partial charge in [0.2, 0.25) is 0 Å².